The lowest BCUT2D eigenvalue weighted by Gasteiger charge is -2.21. The number of anilines is 1. The normalized spacial score (nSPS) is 14.1. The lowest BCUT2D eigenvalue weighted by molar-refractivity contribution is -0.138. The van der Waals surface area contributed by atoms with Crippen LogP contribution in [0.5, 0.6) is 0 Å². The van der Waals surface area contributed by atoms with Crippen LogP contribution in [0, 0.1) is 6.92 Å². The van der Waals surface area contributed by atoms with Gasteiger partial charge in [0.15, 0.2) is 0 Å². The Kier molecular flexibility index (Phi) is 5.14. The molecule has 25 heavy (non-hydrogen) atoms. The molecule has 0 aliphatic carbocycles. The second kappa shape index (κ2) is 7.49. The molecular weight excluding hydrogens is 316 g/mol. The van der Waals surface area contributed by atoms with E-state index in [2.05, 4.69) is 5.32 Å². The van der Waals surface area contributed by atoms with E-state index in [4.69, 9.17) is 0 Å². The second-order valence-electron chi connectivity index (χ2n) is 6.29. The quantitative estimate of drug-likeness (QED) is 0.839. The predicted molar refractivity (Wildman–Crippen MR) is 96.3 cm³/mol. The summed E-state index contributed by atoms with van der Waals surface area (Å²) < 4.78 is 0. The Morgan fingerprint density at radius 1 is 1.20 bits per heavy atom. The molecule has 5 nitrogen and oxygen atoms in total. The van der Waals surface area contributed by atoms with E-state index in [1.54, 1.807) is 4.90 Å². The lowest BCUT2D eigenvalue weighted by atomic mass is 10.0. The maximum atomic E-state index is 12.6. The molecule has 0 spiro atoms. The highest BCUT2D eigenvalue weighted by atomic mass is 16.3. The van der Waals surface area contributed by atoms with Crippen molar-refractivity contribution in [1.29, 1.82) is 0 Å². The number of amides is 2. The number of carbonyl (C=O) groups excluding carboxylic acids is 2. The molecule has 2 aromatic carbocycles. The SMILES string of the molecule is Cc1ccc2c(c1)N(C(=O)C(=O)NC(CCO)c1ccccc1)CC2. The second-order valence-corrected chi connectivity index (χ2v) is 6.29. The summed E-state index contributed by atoms with van der Waals surface area (Å²) in [6, 6.07) is 14.9. The van der Waals surface area contributed by atoms with Gasteiger partial charge in [-0.3, -0.25) is 9.59 Å². The highest BCUT2D eigenvalue weighted by Crippen LogP contribution is 2.29. The first kappa shape index (κ1) is 17.2. The first-order valence-electron chi connectivity index (χ1n) is 8.48. The minimum atomic E-state index is -0.642. The van der Waals surface area contributed by atoms with Crippen molar-refractivity contribution in [3.63, 3.8) is 0 Å². The molecule has 0 saturated carbocycles. The van der Waals surface area contributed by atoms with Gasteiger partial charge >= 0.3 is 11.8 Å². The molecule has 3 rings (SSSR count). The summed E-state index contributed by atoms with van der Waals surface area (Å²) in [5.41, 5.74) is 3.83. The van der Waals surface area contributed by atoms with Crippen LogP contribution >= 0.6 is 0 Å². The van der Waals surface area contributed by atoms with Crippen LogP contribution in [0.2, 0.25) is 0 Å². The van der Waals surface area contributed by atoms with E-state index < -0.39 is 11.8 Å². The fourth-order valence-electron chi connectivity index (χ4n) is 3.18. The average Bonchev–Trinajstić information content (AvgIpc) is 3.04. The summed E-state index contributed by atoms with van der Waals surface area (Å²) in [5.74, 6) is -1.19. The number of aliphatic hydroxyl groups excluding tert-OH is 1. The number of hydrogen-bond donors (Lipinski definition) is 2. The molecule has 1 aliphatic heterocycles. The fourth-order valence-corrected chi connectivity index (χ4v) is 3.18. The Morgan fingerprint density at radius 3 is 2.68 bits per heavy atom. The maximum absolute atomic E-state index is 12.6. The Hall–Kier alpha value is -2.66. The number of nitrogens with one attached hydrogen (secondary N) is 1. The van der Waals surface area contributed by atoms with Crippen LogP contribution in [0.25, 0.3) is 0 Å². The van der Waals surface area contributed by atoms with Gasteiger partial charge in [-0.05, 0) is 42.5 Å². The van der Waals surface area contributed by atoms with E-state index in [-0.39, 0.29) is 12.6 Å². The zero-order valence-corrected chi connectivity index (χ0v) is 14.2. The fraction of sp³-hybridized carbons (Fsp3) is 0.300. The molecular formula is C20H22N2O3. The number of benzene rings is 2. The molecule has 0 radical (unpaired) electrons. The van der Waals surface area contributed by atoms with Gasteiger partial charge in [0.1, 0.15) is 0 Å². The van der Waals surface area contributed by atoms with Crippen molar-refractivity contribution in [2.45, 2.75) is 25.8 Å². The molecule has 5 heteroatoms. The summed E-state index contributed by atoms with van der Waals surface area (Å²) in [6.45, 7) is 2.41. The molecule has 0 saturated heterocycles. The molecule has 1 heterocycles. The van der Waals surface area contributed by atoms with Crippen molar-refractivity contribution in [2.24, 2.45) is 0 Å². The summed E-state index contributed by atoms with van der Waals surface area (Å²) in [7, 11) is 0. The van der Waals surface area contributed by atoms with Crippen molar-refractivity contribution in [1.82, 2.24) is 5.32 Å². The zero-order chi connectivity index (χ0) is 17.8. The number of aliphatic hydroxyl groups is 1. The van der Waals surface area contributed by atoms with Crippen molar-refractivity contribution in [3.8, 4) is 0 Å². The monoisotopic (exact) mass is 338 g/mol. The average molecular weight is 338 g/mol. The van der Waals surface area contributed by atoms with Gasteiger partial charge in [0, 0.05) is 18.8 Å². The molecule has 2 amide bonds. The third-order valence-electron chi connectivity index (χ3n) is 4.50. The van der Waals surface area contributed by atoms with Crippen molar-refractivity contribution in [2.75, 3.05) is 18.1 Å². The van der Waals surface area contributed by atoms with E-state index in [1.165, 1.54) is 0 Å². The van der Waals surface area contributed by atoms with Crippen molar-refractivity contribution >= 4 is 17.5 Å². The zero-order valence-electron chi connectivity index (χ0n) is 14.2. The van der Waals surface area contributed by atoms with E-state index >= 15 is 0 Å². The highest BCUT2D eigenvalue weighted by molar-refractivity contribution is 6.40. The summed E-state index contributed by atoms with van der Waals surface area (Å²) in [5, 5.41) is 12.0. The third kappa shape index (κ3) is 3.72. The van der Waals surface area contributed by atoms with Crippen LogP contribution in [-0.2, 0) is 16.0 Å². The van der Waals surface area contributed by atoms with Crippen molar-refractivity contribution < 1.29 is 14.7 Å². The Labute approximate surface area is 147 Å². The summed E-state index contributed by atoms with van der Waals surface area (Å²) in [4.78, 5) is 26.7. The summed E-state index contributed by atoms with van der Waals surface area (Å²) in [6.07, 6.45) is 1.12. The van der Waals surface area contributed by atoms with Gasteiger partial charge in [0.2, 0.25) is 0 Å². The van der Waals surface area contributed by atoms with Gasteiger partial charge in [-0.2, -0.15) is 0 Å². The topological polar surface area (TPSA) is 69.6 Å². The molecule has 2 aromatic rings. The first-order valence-corrected chi connectivity index (χ1v) is 8.48. The predicted octanol–water partition coefficient (Wildman–Crippen LogP) is 2.12. The molecule has 1 atom stereocenters. The molecule has 0 aromatic heterocycles. The number of hydrogen-bond acceptors (Lipinski definition) is 3. The molecule has 130 valence electrons. The largest absolute Gasteiger partial charge is 0.396 e. The van der Waals surface area contributed by atoms with Crippen LogP contribution in [0.1, 0.15) is 29.2 Å². The first-order chi connectivity index (χ1) is 12.1. The maximum Gasteiger partial charge on any atom is 0.316 e. The van der Waals surface area contributed by atoms with Crippen LogP contribution in [0.3, 0.4) is 0 Å². The Balaban J connectivity index is 1.75. The van der Waals surface area contributed by atoms with Crippen LogP contribution in [-0.4, -0.2) is 30.1 Å². The van der Waals surface area contributed by atoms with Gasteiger partial charge in [0.05, 0.1) is 6.04 Å². The van der Waals surface area contributed by atoms with Gasteiger partial charge < -0.3 is 15.3 Å². The molecule has 1 aliphatic rings. The number of nitrogens with zero attached hydrogens (tertiary/aromatic N) is 1. The van der Waals surface area contributed by atoms with Gasteiger partial charge in [-0.15, -0.1) is 0 Å². The van der Waals surface area contributed by atoms with Gasteiger partial charge in [-0.1, -0.05) is 42.5 Å². The van der Waals surface area contributed by atoms with E-state index in [1.807, 2.05) is 55.5 Å². The van der Waals surface area contributed by atoms with Gasteiger partial charge in [-0.25, -0.2) is 0 Å². The summed E-state index contributed by atoms with van der Waals surface area (Å²) >= 11 is 0. The minimum absolute atomic E-state index is 0.0697. The Bertz CT molecular complexity index is 774. The van der Waals surface area contributed by atoms with Crippen molar-refractivity contribution in [3.05, 3.63) is 65.2 Å². The highest BCUT2D eigenvalue weighted by Gasteiger charge is 2.30. The van der Waals surface area contributed by atoms with Crippen LogP contribution < -0.4 is 10.2 Å². The van der Waals surface area contributed by atoms with Gasteiger partial charge in [0.25, 0.3) is 0 Å². The molecule has 1 unspecified atom stereocenters. The van der Waals surface area contributed by atoms with E-state index in [0.29, 0.717) is 13.0 Å². The number of carbonyl (C=O) groups is 2. The van der Waals surface area contributed by atoms with Crippen LogP contribution in [0.15, 0.2) is 48.5 Å². The lowest BCUT2D eigenvalue weighted by Crippen LogP contribution is -2.43. The number of aryl methyl sites for hydroxylation is 1. The molecule has 0 fully saturated rings. The van der Waals surface area contributed by atoms with Crippen LogP contribution in [0.4, 0.5) is 5.69 Å². The smallest absolute Gasteiger partial charge is 0.316 e. The number of fused-ring (bicyclic) bond motifs is 1. The number of rotatable bonds is 4. The minimum Gasteiger partial charge on any atom is -0.396 e. The van der Waals surface area contributed by atoms with E-state index in [9.17, 15) is 14.7 Å². The molecule has 2 N–H and O–H groups in total. The molecule has 0 bridgehead atoms. The standard InChI is InChI=1S/C20H22N2O3/c1-14-7-8-16-9-11-22(18(16)13-14)20(25)19(24)21-17(10-12-23)15-5-3-2-4-6-15/h2-8,13,17,23H,9-12H2,1H3,(H,21,24). The third-order valence-corrected chi connectivity index (χ3v) is 4.50. The van der Waals surface area contributed by atoms with E-state index in [0.717, 1.165) is 28.8 Å². The Morgan fingerprint density at radius 2 is 1.96 bits per heavy atom.